The molecule has 27 heavy (non-hydrogen) atoms. The van der Waals surface area contributed by atoms with Gasteiger partial charge in [0.15, 0.2) is 11.5 Å². The van der Waals surface area contributed by atoms with E-state index in [1.54, 1.807) is 19.1 Å². The molecule has 0 aliphatic heterocycles. The number of rotatable bonds is 5. The molecule has 0 fully saturated rings. The van der Waals surface area contributed by atoms with Crippen LogP contribution in [0.2, 0.25) is 0 Å². The van der Waals surface area contributed by atoms with Crippen LogP contribution in [0.3, 0.4) is 0 Å². The number of aryl methyl sites for hydroxylation is 1. The summed E-state index contributed by atoms with van der Waals surface area (Å²) in [6, 6.07) is 8.19. The molecule has 8 heteroatoms. The Morgan fingerprint density at radius 1 is 1.22 bits per heavy atom. The number of carbonyl (C=O) groups is 1. The summed E-state index contributed by atoms with van der Waals surface area (Å²) >= 11 is 0. The van der Waals surface area contributed by atoms with Crippen molar-refractivity contribution in [1.29, 1.82) is 0 Å². The average molecular weight is 375 g/mol. The SMILES string of the molecule is C=CC(=O)NCc1ccc(Nc2ccc(C(F)(F)F)cc2)c2nc(C)oc12. The van der Waals surface area contributed by atoms with Gasteiger partial charge in [-0.25, -0.2) is 4.98 Å². The number of nitrogens with zero attached hydrogens (tertiary/aromatic N) is 1. The number of carbonyl (C=O) groups excluding carboxylic acids is 1. The van der Waals surface area contributed by atoms with E-state index in [4.69, 9.17) is 4.42 Å². The number of hydrogen-bond acceptors (Lipinski definition) is 4. The van der Waals surface area contributed by atoms with Crippen LogP contribution >= 0.6 is 0 Å². The maximum atomic E-state index is 12.7. The fraction of sp³-hybridized carbons (Fsp3) is 0.158. The van der Waals surface area contributed by atoms with Crippen molar-refractivity contribution in [2.75, 3.05) is 5.32 Å². The fourth-order valence-electron chi connectivity index (χ4n) is 2.56. The molecule has 140 valence electrons. The predicted molar refractivity (Wildman–Crippen MR) is 95.5 cm³/mol. The van der Waals surface area contributed by atoms with Crippen LogP contribution in [0.5, 0.6) is 0 Å². The third kappa shape index (κ3) is 4.11. The Hall–Kier alpha value is -3.29. The van der Waals surface area contributed by atoms with Crippen molar-refractivity contribution in [3.05, 3.63) is 66.1 Å². The number of anilines is 2. The molecule has 0 atom stereocenters. The standard InChI is InChI=1S/C19H16F3N3O2/c1-3-16(26)23-10-12-4-9-15(17-18(12)27-11(2)24-17)25-14-7-5-13(6-8-14)19(20,21)22/h3-9,25H,1,10H2,2H3,(H,23,26). The first-order chi connectivity index (χ1) is 12.8. The Morgan fingerprint density at radius 3 is 2.56 bits per heavy atom. The van der Waals surface area contributed by atoms with Crippen LogP contribution in [-0.4, -0.2) is 10.9 Å². The highest BCUT2D eigenvalue weighted by atomic mass is 19.4. The summed E-state index contributed by atoms with van der Waals surface area (Å²) in [6.07, 6.45) is -3.21. The van der Waals surface area contributed by atoms with Crippen LogP contribution in [0.15, 0.2) is 53.5 Å². The van der Waals surface area contributed by atoms with E-state index in [-0.39, 0.29) is 12.5 Å². The van der Waals surface area contributed by atoms with Crippen molar-refractivity contribution in [3.63, 3.8) is 0 Å². The van der Waals surface area contributed by atoms with Gasteiger partial charge in [0.05, 0.1) is 11.3 Å². The Balaban J connectivity index is 1.89. The lowest BCUT2D eigenvalue weighted by Gasteiger charge is -2.11. The van der Waals surface area contributed by atoms with Crippen LogP contribution in [0.25, 0.3) is 11.1 Å². The topological polar surface area (TPSA) is 67.2 Å². The Morgan fingerprint density at radius 2 is 1.93 bits per heavy atom. The largest absolute Gasteiger partial charge is 0.441 e. The molecule has 0 aliphatic rings. The second kappa shape index (κ2) is 7.14. The number of aromatic nitrogens is 1. The number of halogens is 3. The highest BCUT2D eigenvalue weighted by Crippen LogP contribution is 2.32. The summed E-state index contributed by atoms with van der Waals surface area (Å²) in [6.45, 7) is 5.31. The monoisotopic (exact) mass is 375 g/mol. The minimum Gasteiger partial charge on any atom is -0.441 e. The zero-order valence-corrected chi connectivity index (χ0v) is 14.4. The summed E-state index contributed by atoms with van der Waals surface area (Å²) in [5.41, 5.74) is 2.09. The van der Waals surface area contributed by atoms with E-state index in [0.29, 0.717) is 28.4 Å². The number of alkyl halides is 3. The first-order valence-corrected chi connectivity index (χ1v) is 8.01. The summed E-state index contributed by atoms with van der Waals surface area (Å²) in [5.74, 6) is 0.120. The highest BCUT2D eigenvalue weighted by molar-refractivity contribution is 5.92. The second-order valence-corrected chi connectivity index (χ2v) is 5.80. The minimum atomic E-state index is -4.38. The zero-order valence-electron chi connectivity index (χ0n) is 14.4. The summed E-state index contributed by atoms with van der Waals surface area (Å²) in [4.78, 5) is 15.7. The quantitative estimate of drug-likeness (QED) is 0.635. The molecule has 0 aliphatic carbocycles. The van der Waals surface area contributed by atoms with Gasteiger partial charge in [0.2, 0.25) is 5.91 Å². The molecule has 0 bridgehead atoms. The van der Waals surface area contributed by atoms with E-state index >= 15 is 0 Å². The van der Waals surface area contributed by atoms with Gasteiger partial charge in [0.25, 0.3) is 0 Å². The molecule has 1 amide bonds. The lowest BCUT2D eigenvalue weighted by Crippen LogP contribution is -2.20. The van der Waals surface area contributed by atoms with Crippen LogP contribution in [-0.2, 0) is 17.5 Å². The number of hydrogen-bond donors (Lipinski definition) is 2. The maximum Gasteiger partial charge on any atom is 0.416 e. The molecule has 0 saturated carbocycles. The fourth-order valence-corrected chi connectivity index (χ4v) is 2.56. The smallest absolute Gasteiger partial charge is 0.416 e. The molecule has 5 nitrogen and oxygen atoms in total. The van der Waals surface area contributed by atoms with Gasteiger partial charge in [0, 0.05) is 24.7 Å². The van der Waals surface area contributed by atoms with Gasteiger partial charge in [-0.2, -0.15) is 13.2 Å². The number of benzene rings is 2. The van der Waals surface area contributed by atoms with Crippen molar-refractivity contribution in [1.82, 2.24) is 10.3 Å². The van der Waals surface area contributed by atoms with E-state index in [0.717, 1.165) is 17.7 Å². The van der Waals surface area contributed by atoms with Gasteiger partial charge in [-0.05, 0) is 36.4 Å². The van der Waals surface area contributed by atoms with Gasteiger partial charge in [-0.1, -0.05) is 12.6 Å². The lowest BCUT2D eigenvalue weighted by atomic mass is 10.1. The minimum absolute atomic E-state index is 0.233. The van der Waals surface area contributed by atoms with Gasteiger partial charge in [-0.3, -0.25) is 4.79 Å². The highest BCUT2D eigenvalue weighted by Gasteiger charge is 2.30. The first kappa shape index (κ1) is 18.5. The van der Waals surface area contributed by atoms with Crippen molar-refractivity contribution in [2.24, 2.45) is 0 Å². The lowest BCUT2D eigenvalue weighted by molar-refractivity contribution is -0.137. The molecule has 0 unspecified atom stereocenters. The Kier molecular flexibility index (Phi) is 4.89. The molecular formula is C19H16F3N3O2. The second-order valence-electron chi connectivity index (χ2n) is 5.80. The van der Waals surface area contributed by atoms with Crippen molar-refractivity contribution in [2.45, 2.75) is 19.6 Å². The van der Waals surface area contributed by atoms with E-state index < -0.39 is 11.7 Å². The van der Waals surface area contributed by atoms with E-state index in [1.807, 2.05) is 0 Å². The zero-order chi connectivity index (χ0) is 19.6. The number of amides is 1. The van der Waals surface area contributed by atoms with Crippen LogP contribution in [0.1, 0.15) is 17.0 Å². The van der Waals surface area contributed by atoms with Gasteiger partial charge in [0.1, 0.15) is 5.52 Å². The van der Waals surface area contributed by atoms with Crippen molar-refractivity contribution >= 4 is 28.4 Å². The van der Waals surface area contributed by atoms with Crippen LogP contribution in [0, 0.1) is 6.92 Å². The number of nitrogens with one attached hydrogen (secondary N) is 2. The molecule has 0 saturated heterocycles. The van der Waals surface area contributed by atoms with E-state index in [1.165, 1.54) is 18.2 Å². The van der Waals surface area contributed by atoms with Crippen LogP contribution < -0.4 is 10.6 Å². The molecule has 2 aromatic carbocycles. The van der Waals surface area contributed by atoms with Crippen molar-refractivity contribution in [3.8, 4) is 0 Å². The van der Waals surface area contributed by atoms with Gasteiger partial charge >= 0.3 is 6.18 Å². The maximum absolute atomic E-state index is 12.7. The molecule has 0 radical (unpaired) electrons. The molecular weight excluding hydrogens is 359 g/mol. The van der Waals surface area contributed by atoms with E-state index in [9.17, 15) is 18.0 Å². The molecule has 1 aromatic heterocycles. The van der Waals surface area contributed by atoms with Crippen molar-refractivity contribution < 1.29 is 22.4 Å². The van der Waals surface area contributed by atoms with Crippen LogP contribution in [0.4, 0.5) is 24.5 Å². The first-order valence-electron chi connectivity index (χ1n) is 8.01. The van der Waals surface area contributed by atoms with E-state index in [2.05, 4.69) is 22.2 Å². The summed E-state index contributed by atoms with van der Waals surface area (Å²) in [5, 5.41) is 5.72. The third-order valence-electron chi connectivity index (χ3n) is 3.86. The predicted octanol–water partition coefficient (Wildman–Crippen LogP) is 4.70. The van der Waals surface area contributed by atoms with Gasteiger partial charge in [-0.15, -0.1) is 0 Å². The molecule has 3 aromatic rings. The average Bonchev–Trinajstić information content (AvgIpc) is 3.02. The molecule has 1 heterocycles. The number of oxazole rings is 1. The summed E-state index contributed by atoms with van der Waals surface area (Å²) in [7, 11) is 0. The molecule has 3 rings (SSSR count). The normalized spacial score (nSPS) is 11.4. The van der Waals surface area contributed by atoms with Gasteiger partial charge < -0.3 is 15.1 Å². The molecule has 0 spiro atoms. The Bertz CT molecular complexity index is 992. The number of fused-ring (bicyclic) bond motifs is 1. The summed E-state index contributed by atoms with van der Waals surface area (Å²) < 4.78 is 43.7. The third-order valence-corrected chi connectivity index (χ3v) is 3.86. The molecule has 2 N–H and O–H groups in total. The Labute approximate surface area is 152 Å².